The minimum Gasteiger partial charge on any atom is -0.366 e. The van der Waals surface area contributed by atoms with Crippen LogP contribution in [0.1, 0.15) is 22.2 Å². The predicted octanol–water partition coefficient (Wildman–Crippen LogP) is 1.28. The molecule has 0 aromatic carbocycles. The Kier molecular flexibility index (Phi) is 3.30. The topological polar surface area (TPSA) is 81.4 Å². The highest BCUT2D eigenvalue weighted by Crippen LogP contribution is 2.31. The Morgan fingerprint density at radius 2 is 2.26 bits per heavy atom. The molecule has 0 spiro atoms. The van der Waals surface area contributed by atoms with E-state index in [0.29, 0.717) is 11.1 Å². The molecule has 1 unspecified atom stereocenters. The fourth-order valence-corrected chi connectivity index (χ4v) is 2.77. The molecule has 100 valence electrons. The van der Waals surface area contributed by atoms with Crippen molar-refractivity contribution >= 4 is 28.7 Å². The first kappa shape index (κ1) is 13.5. The number of ether oxygens (including phenoxy) is 1. The van der Waals surface area contributed by atoms with E-state index in [2.05, 4.69) is 11.9 Å². The molecular weight excluding hydrogens is 264 g/mol. The van der Waals surface area contributed by atoms with Gasteiger partial charge in [-0.15, -0.1) is 11.3 Å². The summed E-state index contributed by atoms with van der Waals surface area (Å²) >= 11 is 1.38. The van der Waals surface area contributed by atoms with Gasteiger partial charge in [-0.2, -0.15) is 0 Å². The number of fused-ring (bicyclic) bond motifs is 1. The van der Waals surface area contributed by atoms with E-state index in [1.54, 1.807) is 24.4 Å². The van der Waals surface area contributed by atoms with Crippen LogP contribution in [0.25, 0.3) is 5.57 Å². The molecule has 2 rings (SSSR count). The van der Waals surface area contributed by atoms with Crippen molar-refractivity contribution in [1.82, 2.24) is 5.32 Å². The Labute approximate surface area is 114 Å². The molecule has 1 aromatic heterocycles. The molecule has 1 aromatic rings. The first-order valence-corrected chi connectivity index (χ1v) is 6.43. The molecule has 2 heterocycles. The summed E-state index contributed by atoms with van der Waals surface area (Å²) in [6.45, 7) is 5.46. The average Bonchev–Trinajstić information content (AvgIpc) is 2.82. The number of rotatable bonds is 2. The second-order valence-corrected chi connectivity index (χ2v) is 5.22. The van der Waals surface area contributed by atoms with Gasteiger partial charge in [0.25, 0.3) is 5.91 Å². The fraction of sp³-hybridized carbons (Fsp3) is 0.231. The van der Waals surface area contributed by atoms with Crippen LogP contribution in [0, 0.1) is 0 Å². The highest BCUT2D eigenvalue weighted by molar-refractivity contribution is 7.11. The first-order valence-electron chi connectivity index (χ1n) is 5.55. The molecule has 1 aliphatic rings. The van der Waals surface area contributed by atoms with E-state index in [1.165, 1.54) is 18.4 Å². The largest absolute Gasteiger partial charge is 0.366 e. The van der Waals surface area contributed by atoms with Gasteiger partial charge in [0.05, 0.1) is 11.1 Å². The number of allylic oxidation sites excluding steroid dienone is 2. The lowest BCUT2D eigenvalue weighted by molar-refractivity contribution is -0.117. The Hall–Kier alpha value is -1.92. The molecule has 1 atom stereocenters. The van der Waals surface area contributed by atoms with Crippen molar-refractivity contribution in [2.75, 3.05) is 7.11 Å². The Morgan fingerprint density at radius 1 is 1.58 bits per heavy atom. The summed E-state index contributed by atoms with van der Waals surface area (Å²) < 4.78 is 5.26. The molecule has 5 nitrogen and oxygen atoms in total. The number of amides is 2. The number of carbonyl (C=O) groups is 2. The van der Waals surface area contributed by atoms with Crippen molar-refractivity contribution in [1.29, 1.82) is 0 Å². The van der Waals surface area contributed by atoms with Gasteiger partial charge in [-0.1, -0.05) is 6.58 Å². The smallest absolute Gasteiger partial charge is 0.255 e. The number of methoxy groups -OCH3 is 1. The summed E-state index contributed by atoms with van der Waals surface area (Å²) in [4.78, 5) is 24.5. The lowest BCUT2D eigenvalue weighted by atomic mass is 9.96. The molecule has 1 aliphatic heterocycles. The Balaban J connectivity index is 2.64. The fourth-order valence-electron chi connectivity index (χ4n) is 1.93. The number of nitrogens with two attached hydrogens (primary N) is 1. The van der Waals surface area contributed by atoms with E-state index in [-0.39, 0.29) is 11.5 Å². The molecule has 0 aliphatic carbocycles. The van der Waals surface area contributed by atoms with Gasteiger partial charge in [0.1, 0.15) is 0 Å². The molecule has 0 fully saturated rings. The van der Waals surface area contributed by atoms with Crippen molar-refractivity contribution in [2.45, 2.75) is 12.6 Å². The number of primary amides is 1. The van der Waals surface area contributed by atoms with E-state index < -0.39 is 11.6 Å². The van der Waals surface area contributed by atoms with Gasteiger partial charge in [-0.05, 0) is 30.0 Å². The number of hydrogen-bond donors (Lipinski definition) is 2. The summed E-state index contributed by atoms with van der Waals surface area (Å²) in [7, 11) is 1.40. The zero-order valence-corrected chi connectivity index (χ0v) is 11.5. The van der Waals surface area contributed by atoms with Crippen LogP contribution in [0.2, 0.25) is 0 Å². The lowest BCUT2D eigenvalue weighted by Crippen LogP contribution is -2.52. The van der Waals surface area contributed by atoms with Crippen LogP contribution < -0.4 is 11.1 Å². The third kappa shape index (κ3) is 2.20. The minimum atomic E-state index is -1.27. The second-order valence-electron chi connectivity index (χ2n) is 4.30. The monoisotopic (exact) mass is 278 g/mol. The maximum atomic E-state index is 12.2. The first-order chi connectivity index (χ1) is 8.89. The predicted molar refractivity (Wildman–Crippen MR) is 73.5 cm³/mol. The molecule has 0 bridgehead atoms. The normalized spacial score (nSPS) is 25.7. The summed E-state index contributed by atoms with van der Waals surface area (Å²) in [5.41, 5.74) is 5.33. The maximum Gasteiger partial charge on any atom is 0.255 e. The molecule has 3 N–H and O–H groups in total. The van der Waals surface area contributed by atoms with Gasteiger partial charge in [-0.25, -0.2) is 0 Å². The van der Waals surface area contributed by atoms with Crippen molar-refractivity contribution < 1.29 is 14.3 Å². The van der Waals surface area contributed by atoms with Crippen LogP contribution in [-0.4, -0.2) is 24.6 Å². The van der Waals surface area contributed by atoms with Crippen LogP contribution in [0.4, 0.5) is 0 Å². The van der Waals surface area contributed by atoms with Gasteiger partial charge >= 0.3 is 0 Å². The third-order valence-corrected chi connectivity index (χ3v) is 4.05. The zero-order chi connectivity index (χ0) is 14.2. The molecule has 6 heteroatoms. The maximum absolute atomic E-state index is 12.2. The summed E-state index contributed by atoms with van der Waals surface area (Å²) in [6.07, 6.45) is 1.56. The van der Waals surface area contributed by atoms with Crippen molar-refractivity contribution in [3.63, 3.8) is 0 Å². The van der Waals surface area contributed by atoms with Gasteiger partial charge in [0, 0.05) is 12.0 Å². The van der Waals surface area contributed by atoms with Gasteiger partial charge in [-0.3, -0.25) is 9.59 Å². The minimum absolute atomic E-state index is 0.160. The average molecular weight is 278 g/mol. The number of nitrogens with one attached hydrogen (secondary N) is 1. The van der Waals surface area contributed by atoms with Gasteiger partial charge in [0.2, 0.25) is 5.91 Å². The van der Waals surface area contributed by atoms with Crippen LogP contribution in [0.15, 0.2) is 29.7 Å². The van der Waals surface area contributed by atoms with Gasteiger partial charge < -0.3 is 15.8 Å². The highest BCUT2D eigenvalue weighted by atomic mass is 32.1. The summed E-state index contributed by atoms with van der Waals surface area (Å²) in [6, 6.07) is 1.71. The van der Waals surface area contributed by atoms with E-state index in [0.717, 1.165) is 4.88 Å². The SMILES string of the molecule is C=C1/C=C(/C(N)=O)C(C)(OC)NC(=O)c2ccsc21. The molecule has 0 saturated heterocycles. The third-order valence-electron chi connectivity index (χ3n) is 3.06. The Bertz CT molecular complexity index is 603. The zero-order valence-electron chi connectivity index (χ0n) is 10.6. The summed E-state index contributed by atoms with van der Waals surface area (Å²) in [5.74, 6) is -0.987. The van der Waals surface area contributed by atoms with Crippen LogP contribution in [0.3, 0.4) is 0 Å². The molecule has 2 amide bonds. The lowest BCUT2D eigenvalue weighted by Gasteiger charge is -2.32. The van der Waals surface area contributed by atoms with Crippen molar-refractivity contribution in [3.05, 3.63) is 40.1 Å². The summed E-state index contributed by atoms with van der Waals surface area (Å²) in [5, 5.41) is 4.47. The Morgan fingerprint density at radius 3 is 2.84 bits per heavy atom. The van der Waals surface area contributed by atoms with Crippen molar-refractivity contribution in [3.8, 4) is 0 Å². The van der Waals surface area contributed by atoms with Crippen LogP contribution in [-0.2, 0) is 9.53 Å². The molecule has 19 heavy (non-hydrogen) atoms. The molecular formula is C13H14N2O3S. The number of hydrogen-bond acceptors (Lipinski definition) is 4. The quantitative estimate of drug-likeness (QED) is 0.855. The number of thiophene rings is 1. The van der Waals surface area contributed by atoms with E-state index in [4.69, 9.17) is 10.5 Å². The van der Waals surface area contributed by atoms with Crippen LogP contribution >= 0.6 is 11.3 Å². The second kappa shape index (κ2) is 4.64. The van der Waals surface area contributed by atoms with E-state index >= 15 is 0 Å². The highest BCUT2D eigenvalue weighted by Gasteiger charge is 2.37. The van der Waals surface area contributed by atoms with Gasteiger partial charge in [0.15, 0.2) is 5.72 Å². The standard InChI is InChI=1S/C13H14N2O3S/c1-7-6-9(11(14)16)13(2,18-3)15-12(17)8-4-5-19-10(7)8/h4-6H,1H2,2-3H3,(H2,14,16)(H,15,17)/b9-6-. The van der Waals surface area contributed by atoms with E-state index in [9.17, 15) is 9.59 Å². The van der Waals surface area contributed by atoms with Crippen LogP contribution in [0.5, 0.6) is 0 Å². The van der Waals surface area contributed by atoms with E-state index in [1.807, 2.05) is 0 Å². The molecule has 0 saturated carbocycles. The number of carbonyl (C=O) groups excluding carboxylic acids is 2. The van der Waals surface area contributed by atoms with Crippen molar-refractivity contribution in [2.24, 2.45) is 5.73 Å². The molecule has 0 radical (unpaired) electrons.